The van der Waals surface area contributed by atoms with Crippen LogP contribution in [-0.4, -0.2) is 0 Å². The summed E-state index contributed by atoms with van der Waals surface area (Å²) >= 11 is 0. The summed E-state index contributed by atoms with van der Waals surface area (Å²) in [5.41, 5.74) is 10.3. The highest BCUT2D eigenvalue weighted by molar-refractivity contribution is 5.76. The van der Waals surface area contributed by atoms with Crippen LogP contribution in [0.4, 0.5) is 5.69 Å². The van der Waals surface area contributed by atoms with E-state index in [9.17, 15) is 0 Å². The minimum atomic E-state index is 0.830. The van der Waals surface area contributed by atoms with E-state index in [1.165, 1.54) is 11.1 Å². The predicted octanol–water partition coefficient (Wildman–Crippen LogP) is 4.91. The van der Waals surface area contributed by atoms with E-state index in [1.807, 2.05) is 24.3 Å². The van der Waals surface area contributed by atoms with Gasteiger partial charge >= 0.3 is 0 Å². The van der Waals surface area contributed by atoms with Gasteiger partial charge < -0.3 is 5.73 Å². The molecule has 2 aromatic rings. The van der Waals surface area contributed by atoms with Gasteiger partial charge in [-0.2, -0.15) is 0 Å². The number of aryl methyl sites for hydroxylation is 1. The van der Waals surface area contributed by atoms with Crippen LogP contribution in [0.15, 0.2) is 48.5 Å². The molecule has 0 bridgehead atoms. The minimum Gasteiger partial charge on any atom is -0.398 e. The molecule has 0 aliphatic rings. The van der Waals surface area contributed by atoms with Gasteiger partial charge in [-0.25, -0.2) is 0 Å². The van der Waals surface area contributed by atoms with Crippen molar-refractivity contribution in [2.24, 2.45) is 5.92 Å². The molecule has 0 atom stereocenters. The molecular formula is C17H23N. The maximum Gasteiger partial charge on any atom is 0.0393 e. The zero-order valence-electron chi connectivity index (χ0n) is 11.8. The summed E-state index contributed by atoms with van der Waals surface area (Å²) in [5, 5.41) is 0. The van der Waals surface area contributed by atoms with Crippen molar-refractivity contribution in [1.29, 1.82) is 0 Å². The predicted molar refractivity (Wildman–Crippen MR) is 81.5 cm³/mol. The fourth-order valence-corrected chi connectivity index (χ4v) is 1.49. The number of nitrogens with two attached hydrogens (primary N) is 1. The zero-order chi connectivity index (χ0) is 13.5. The molecule has 0 aliphatic carbocycles. The van der Waals surface area contributed by atoms with Gasteiger partial charge in [0.1, 0.15) is 0 Å². The van der Waals surface area contributed by atoms with E-state index < -0.39 is 0 Å². The Balaban J connectivity index is 0.000000357. The average Bonchev–Trinajstić information content (AvgIpc) is 2.30. The molecule has 0 saturated carbocycles. The van der Waals surface area contributed by atoms with Gasteiger partial charge in [-0.3, -0.25) is 0 Å². The largest absolute Gasteiger partial charge is 0.398 e. The number of hydrogen-bond acceptors (Lipinski definition) is 1. The zero-order valence-corrected chi connectivity index (χ0v) is 11.8. The van der Waals surface area contributed by atoms with Crippen molar-refractivity contribution in [3.8, 4) is 11.1 Å². The van der Waals surface area contributed by atoms with Gasteiger partial charge in [0.15, 0.2) is 0 Å². The molecule has 0 spiro atoms. The lowest BCUT2D eigenvalue weighted by atomic mass is 10.0. The third-order valence-electron chi connectivity index (χ3n) is 2.32. The lowest BCUT2D eigenvalue weighted by molar-refractivity contribution is 0.737. The van der Waals surface area contributed by atoms with E-state index in [0.717, 1.165) is 17.2 Å². The fourth-order valence-electron chi connectivity index (χ4n) is 1.49. The van der Waals surface area contributed by atoms with Crippen molar-refractivity contribution >= 4 is 5.69 Å². The molecule has 1 nitrogen and oxygen atoms in total. The molecule has 0 heterocycles. The Morgan fingerprint density at radius 2 is 1.33 bits per heavy atom. The maximum absolute atomic E-state index is 5.89. The SMILES string of the molecule is CC(C)C.Cc1ccc(-c2ccccc2N)cc1. The first-order valence-corrected chi connectivity index (χ1v) is 6.42. The van der Waals surface area contributed by atoms with Gasteiger partial charge in [0, 0.05) is 11.3 Å². The van der Waals surface area contributed by atoms with E-state index in [2.05, 4.69) is 52.0 Å². The van der Waals surface area contributed by atoms with Gasteiger partial charge in [-0.1, -0.05) is 68.8 Å². The highest BCUT2D eigenvalue weighted by atomic mass is 14.6. The highest BCUT2D eigenvalue weighted by Gasteiger charge is 1.99. The van der Waals surface area contributed by atoms with Gasteiger partial charge in [-0.15, -0.1) is 0 Å². The Morgan fingerprint density at radius 1 is 0.833 bits per heavy atom. The normalized spacial score (nSPS) is 9.83. The Bertz CT molecular complexity index is 466. The number of benzene rings is 2. The fraction of sp³-hybridized carbons (Fsp3) is 0.294. The van der Waals surface area contributed by atoms with Crippen LogP contribution in [0.2, 0.25) is 0 Å². The maximum atomic E-state index is 5.89. The quantitative estimate of drug-likeness (QED) is 0.705. The molecule has 18 heavy (non-hydrogen) atoms. The first-order valence-electron chi connectivity index (χ1n) is 6.42. The van der Waals surface area contributed by atoms with Crippen LogP contribution in [0.1, 0.15) is 26.3 Å². The molecular weight excluding hydrogens is 218 g/mol. The molecule has 0 aliphatic heterocycles. The number of anilines is 1. The molecule has 0 aromatic heterocycles. The molecule has 2 aromatic carbocycles. The van der Waals surface area contributed by atoms with E-state index in [1.54, 1.807) is 0 Å². The number of para-hydroxylation sites is 1. The van der Waals surface area contributed by atoms with Crippen LogP contribution >= 0.6 is 0 Å². The van der Waals surface area contributed by atoms with Gasteiger partial charge in [0.05, 0.1) is 0 Å². The van der Waals surface area contributed by atoms with Crippen molar-refractivity contribution in [2.75, 3.05) is 5.73 Å². The summed E-state index contributed by atoms with van der Waals surface area (Å²) in [4.78, 5) is 0. The summed E-state index contributed by atoms with van der Waals surface area (Å²) in [6.45, 7) is 8.58. The average molecular weight is 241 g/mol. The van der Waals surface area contributed by atoms with E-state index in [4.69, 9.17) is 5.73 Å². The van der Waals surface area contributed by atoms with E-state index >= 15 is 0 Å². The molecule has 0 fully saturated rings. The van der Waals surface area contributed by atoms with Gasteiger partial charge in [0.2, 0.25) is 0 Å². The van der Waals surface area contributed by atoms with Gasteiger partial charge in [-0.05, 0) is 24.5 Å². The van der Waals surface area contributed by atoms with Crippen LogP contribution in [0.25, 0.3) is 11.1 Å². The Kier molecular flexibility index (Phi) is 5.44. The summed E-state index contributed by atoms with van der Waals surface area (Å²) in [6, 6.07) is 16.3. The van der Waals surface area contributed by atoms with Crippen LogP contribution in [0.3, 0.4) is 0 Å². The second-order valence-electron chi connectivity index (χ2n) is 5.19. The van der Waals surface area contributed by atoms with Crippen molar-refractivity contribution < 1.29 is 0 Å². The third-order valence-corrected chi connectivity index (χ3v) is 2.32. The third kappa shape index (κ3) is 4.62. The molecule has 2 N–H and O–H groups in total. The van der Waals surface area contributed by atoms with E-state index in [0.29, 0.717) is 0 Å². The van der Waals surface area contributed by atoms with Crippen molar-refractivity contribution in [3.63, 3.8) is 0 Å². The molecule has 2 rings (SSSR count). The Hall–Kier alpha value is -1.76. The van der Waals surface area contributed by atoms with Crippen molar-refractivity contribution in [3.05, 3.63) is 54.1 Å². The summed E-state index contributed by atoms with van der Waals surface area (Å²) < 4.78 is 0. The smallest absolute Gasteiger partial charge is 0.0393 e. The highest BCUT2D eigenvalue weighted by Crippen LogP contribution is 2.25. The summed E-state index contributed by atoms with van der Waals surface area (Å²) in [6.07, 6.45) is 0. The Morgan fingerprint density at radius 3 is 1.83 bits per heavy atom. The monoisotopic (exact) mass is 241 g/mol. The molecule has 0 amide bonds. The van der Waals surface area contributed by atoms with Crippen molar-refractivity contribution in [2.45, 2.75) is 27.7 Å². The number of hydrogen-bond donors (Lipinski definition) is 1. The van der Waals surface area contributed by atoms with Crippen molar-refractivity contribution in [1.82, 2.24) is 0 Å². The molecule has 1 heteroatoms. The van der Waals surface area contributed by atoms with Gasteiger partial charge in [0.25, 0.3) is 0 Å². The molecule has 96 valence electrons. The van der Waals surface area contributed by atoms with Crippen LogP contribution in [0.5, 0.6) is 0 Å². The first-order chi connectivity index (χ1) is 8.50. The van der Waals surface area contributed by atoms with E-state index in [-0.39, 0.29) is 0 Å². The Labute approximate surface area is 111 Å². The topological polar surface area (TPSA) is 26.0 Å². The standard InChI is InChI=1S/C13H13N.C4H10/c1-10-6-8-11(9-7-10)12-4-2-3-5-13(12)14;1-4(2)3/h2-9H,14H2,1H3;4H,1-3H3. The second-order valence-corrected chi connectivity index (χ2v) is 5.19. The summed E-state index contributed by atoms with van der Waals surface area (Å²) in [7, 11) is 0. The lowest BCUT2D eigenvalue weighted by Crippen LogP contribution is -1.88. The lowest BCUT2D eigenvalue weighted by Gasteiger charge is -2.05. The second kappa shape index (κ2) is 6.85. The minimum absolute atomic E-state index is 0.830. The molecule has 0 saturated heterocycles. The molecule has 0 radical (unpaired) electrons. The summed E-state index contributed by atoms with van der Waals surface area (Å²) in [5.74, 6) is 0.833. The van der Waals surface area contributed by atoms with Crippen LogP contribution < -0.4 is 5.73 Å². The number of rotatable bonds is 1. The molecule has 0 unspecified atom stereocenters. The van der Waals surface area contributed by atoms with Crippen LogP contribution in [-0.2, 0) is 0 Å². The number of nitrogen functional groups attached to an aromatic ring is 1. The first kappa shape index (κ1) is 14.3. The van der Waals surface area contributed by atoms with Crippen LogP contribution in [0, 0.1) is 12.8 Å².